The number of halogens is 7. The average Bonchev–Trinajstić information content (AvgIpc) is 3.44. The van der Waals surface area contributed by atoms with Gasteiger partial charge in [-0.2, -0.15) is 22.0 Å². The van der Waals surface area contributed by atoms with Gasteiger partial charge < -0.3 is 15.2 Å². The van der Waals surface area contributed by atoms with Crippen LogP contribution in [0.5, 0.6) is 5.75 Å². The van der Waals surface area contributed by atoms with Crippen molar-refractivity contribution in [2.24, 2.45) is 5.73 Å². The number of rotatable bonds is 10. The molecule has 0 aliphatic rings. The maximum Gasteiger partial charge on any atom is 0.422 e. The highest BCUT2D eigenvalue weighted by molar-refractivity contribution is 5.72. The number of esters is 1. The van der Waals surface area contributed by atoms with Gasteiger partial charge in [0.1, 0.15) is 29.4 Å². The van der Waals surface area contributed by atoms with Crippen molar-refractivity contribution in [2.75, 3.05) is 13.2 Å². The number of nitrogens with zero attached hydrogens (tertiary/aromatic N) is 5. The summed E-state index contributed by atoms with van der Waals surface area (Å²) >= 11 is 0. The van der Waals surface area contributed by atoms with Crippen LogP contribution in [0, 0.1) is 11.6 Å². The van der Waals surface area contributed by atoms with E-state index in [1.165, 1.54) is 30.3 Å². The summed E-state index contributed by atoms with van der Waals surface area (Å²) in [5.74, 6) is -8.24. The predicted molar refractivity (Wildman–Crippen MR) is 126 cm³/mol. The molecule has 4 rings (SSSR count). The number of carbonyl (C=O) groups is 1. The molecule has 2 aromatic carbocycles. The van der Waals surface area contributed by atoms with E-state index < -0.39 is 66.3 Å². The molecule has 0 saturated heterocycles. The lowest BCUT2D eigenvalue weighted by atomic mass is 9.84. The molecule has 0 spiro atoms. The topological polar surface area (TPSA) is 118 Å². The maximum absolute atomic E-state index is 16.5. The van der Waals surface area contributed by atoms with Crippen LogP contribution in [-0.4, -0.2) is 50.5 Å². The first-order chi connectivity index (χ1) is 19.3. The molecular formula is C25H19F7N6O3. The van der Waals surface area contributed by atoms with Crippen LogP contribution in [0.2, 0.25) is 0 Å². The molecule has 0 amide bonds. The smallest absolute Gasteiger partial charge is 0.422 e. The zero-order valence-corrected chi connectivity index (χ0v) is 20.7. The Bertz CT molecular complexity index is 1480. The number of alkyl halides is 5. The summed E-state index contributed by atoms with van der Waals surface area (Å²) in [4.78, 5) is 16.1. The van der Waals surface area contributed by atoms with Gasteiger partial charge in [-0.3, -0.25) is 9.78 Å². The number of carbonyl (C=O) groups excluding carboxylic acids is 1. The third kappa shape index (κ3) is 6.42. The fraction of sp³-hybridized carbons (Fsp3) is 0.240. The van der Waals surface area contributed by atoms with E-state index in [4.69, 9.17) is 10.5 Å². The Balaban J connectivity index is 1.75. The summed E-state index contributed by atoms with van der Waals surface area (Å²) in [6.45, 7) is -3.37. The number of tetrazole rings is 1. The van der Waals surface area contributed by atoms with E-state index >= 15 is 13.2 Å². The van der Waals surface area contributed by atoms with Crippen molar-refractivity contribution < 1.29 is 45.0 Å². The van der Waals surface area contributed by atoms with Crippen LogP contribution >= 0.6 is 0 Å². The highest BCUT2D eigenvalue weighted by atomic mass is 19.4. The van der Waals surface area contributed by atoms with Crippen molar-refractivity contribution in [1.29, 1.82) is 0 Å². The molecule has 0 fully saturated rings. The first-order valence-electron chi connectivity index (χ1n) is 11.6. The zero-order valence-electron chi connectivity index (χ0n) is 20.7. The number of aromatic nitrogens is 5. The minimum absolute atomic E-state index is 0.0717. The first kappa shape index (κ1) is 29.4. The number of hydrogen-bond acceptors (Lipinski definition) is 8. The number of hydrogen-bond donors (Lipinski definition) is 1. The highest BCUT2D eigenvalue weighted by Crippen LogP contribution is 2.49. The molecule has 2 aromatic heterocycles. The third-order valence-electron chi connectivity index (χ3n) is 5.78. The van der Waals surface area contributed by atoms with E-state index in [0.717, 1.165) is 23.3 Å². The molecule has 16 heteroatoms. The molecule has 4 aromatic rings. The van der Waals surface area contributed by atoms with Crippen molar-refractivity contribution in [1.82, 2.24) is 25.2 Å². The molecule has 216 valence electrons. The summed E-state index contributed by atoms with van der Waals surface area (Å²) < 4.78 is 109. The van der Waals surface area contributed by atoms with Crippen molar-refractivity contribution >= 4 is 5.97 Å². The van der Waals surface area contributed by atoms with Crippen LogP contribution in [0.15, 0.2) is 67.1 Å². The summed E-state index contributed by atoms with van der Waals surface area (Å²) in [5, 5.41) is 10.2. The predicted octanol–water partition coefficient (Wildman–Crippen LogP) is 4.14. The highest BCUT2D eigenvalue weighted by Gasteiger charge is 2.62. The van der Waals surface area contributed by atoms with Crippen LogP contribution in [0.4, 0.5) is 30.7 Å². The molecule has 0 radical (unpaired) electrons. The Kier molecular flexibility index (Phi) is 8.23. The fourth-order valence-electron chi connectivity index (χ4n) is 3.90. The molecule has 0 bridgehead atoms. The largest absolute Gasteiger partial charge is 0.484 e. The van der Waals surface area contributed by atoms with Gasteiger partial charge in [-0.25, -0.2) is 13.5 Å². The number of nitrogens with two attached hydrogens (primary N) is 1. The average molecular weight is 584 g/mol. The third-order valence-corrected chi connectivity index (χ3v) is 5.78. The second-order valence-electron chi connectivity index (χ2n) is 8.57. The SMILES string of the molecule is NCC(=O)OC(Cn1cnnn1)(c1ccc(F)cc1F)C(F)(F)c1ccc(-c2ccc(OCC(F)(F)F)cc2)cn1. The van der Waals surface area contributed by atoms with Crippen LogP contribution in [-0.2, 0) is 27.6 Å². The van der Waals surface area contributed by atoms with Crippen molar-refractivity contribution in [3.63, 3.8) is 0 Å². The second-order valence-corrected chi connectivity index (χ2v) is 8.57. The molecule has 2 heterocycles. The van der Waals surface area contributed by atoms with E-state index in [0.29, 0.717) is 23.8 Å². The number of pyridine rings is 1. The van der Waals surface area contributed by atoms with Gasteiger partial charge in [-0.05, 0) is 46.3 Å². The van der Waals surface area contributed by atoms with Crippen molar-refractivity contribution in [3.05, 3.63) is 90.0 Å². The minimum atomic E-state index is -4.53. The lowest BCUT2D eigenvalue weighted by Crippen LogP contribution is -2.52. The number of ether oxygens (including phenoxy) is 2. The van der Waals surface area contributed by atoms with E-state index in [2.05, 4.69) is 25.2 Å². The van der Waals surface area contributed by atoms with Gasteiger partial charge >= 0.3 is 18.1 Å². The summed E-state index contributed by atoms with van der Waals surface area (Å²) in [5.41, 5.74) is 0.914. The minimum Gasteiger partial charge on any atom is -0.484 e. The Morgan fingerprint density at radius 2 is 1.66 bits per heavy atom. The molecule has 1 unspecified atom stereocenters. The zero-order chi connectivity index (χ0) is 29.8. The van der Waals surface area contributed by atoms with E-state index in [1.807, 2.05) is 0 Å². The molecule has 41 heavy (non-hydrogen) atoms. The van der Waals surface area contributed by atoms with Crippen LogP contribution < -0.4 is 10.5 Å². The fourth-order valence-corrected chi connectivity index (χ4v) is 3.90. The van der Waals surface area contributed by atoms with Crippen LogP contribution in [0.1, 0.15) is 11.3 Å². The maximum atomic E-state index is 16.5. The van der Waals surface area contributed by atoms with Gasteiger partial charge in [0.05, 0.1) is 13.1 Å². The molecule has 1 atom stereocenters. The van der Waals surface area contributed by atoms with Crippen molar-refractivity contribution in [2.45, 2.75) is 24.2 Å². The summed E-state index contributed by atoms with van der Waals surface area (Å²) in [6, 6.07) is 9.13. The second kappa shape index (κ2) is 11.5. The summed E-state index contributed by atoms with van der Waals surface area (Å²) in [7, 11) is 0. The first-order valence-corrected chi connectivity index (χ1v) is 11.6. The molecule has 0 saturated carbocycles. The normalized spacial score (nSPS) is 13.5. The lowest BCUT2D eigenvalue weighted by Gasteiger charge is -2.39. The standard InChI is InChI=1S/C25H19F7N6O3/c26-17-4-7-19(20(27)9-17)23(41-22(39)10-33,12-38-14-35-36-37-38)25(31,32)21-8-3-16(11-34-21)15-1-5-18(6-2-15)40-13-24(28,29)30/h1-9,11,14H,10,12-13,33H2. The van der Waals surface area contributed by atoms with E-state index in [1.54, 1.807) is 0 Å². The summed E-state index contributed by atoms with van der Waals surface area (Å²) in [6.07, 6.45) is -2.58. The van der Waals surface area contributed by atoms with Gasteiger partial charge in [0.25, 0.3) is 0 Å². The number of benzene rings is 2. The van der Waals surface area contributed by atoms with Gasteiger partial charge in [0, 0.05) is 23.4 Å². The Morgan fingerprint density at radius 1 is 0.951 bits per heavy atom. The molecule has 0 aliphatic carbocycles. The van der Waals surface area contributed by atoms with Gasteiger partial charge in [0.2, 0.25) is 5.60 Å². The lowest BCUT2D eigenvalue weighted by molar-refractivity contribution is -0.231. The van der Waals surface area contributed by atoms with Crippen molar-refractivity contribution in [3.8, 4) is 16.9 Å². The molecular weight excluding hydrogens is 565 g/mol. The van der Waals surface area contributed by atoms with Gasteiger partial charge in [-0.15, -0.1) is 5.10 Å². The van der Waals surface area contributed by atoms with Gasteiger partial charge in [-0.1, -0.05) is 18.2 Å². The molecule has 2 N–H and O–H groups in total. The van der Waals surface area contributed by atoms with E-state index in [9.17, 15) is 22.4 Å². The van der Waals surface area contributed by atoms with Gasteiger partial charge in [0.15, 0.2) is 6.61 Å². The molecule has 9 nitrogen and oxygen atoms in total. The monoisotopic (exact) mass is 584 g/mol. The Morgan fingerprint density at radius 3 is 2.22 bits per heavy atom. The molecule has 0 aliphatic heterocycles. The Labute approximate surface area is 226 Å². The van der Waals surface area contributed by atoms with E-state index in [-0.39, 0.29) is 11.3 Å². The quantitative estimate of drug-likeness (QED) is 0.218. The Hall–Kier alpha value is -4.60. The van der Waals surface area contributed by atoms with Crippen LogP contribution in [0.25, 0.3) is 11.1 Å². The van der Waals surface area contributed by atoms with Crippen LogP contribution in [0.3, 0.4) is 0 Å².